The molecular weight excluding hydrogens is 478 g/mol. The molecule has 1 atom stereocenters. The Hall–Kier alpha value is -2.70. The summed E-state index contributed by atoms with van der Waals surface area (Å²) in [7, 11) is 0. The number of benzene rings is 1. The van der Waals surface area contributed by atoms with E-state index in [1.807, 2.05) is 12.1 Å². The molecule has 4 aliphatic carbocycles. The number of piperidine rings is 1. The third-order valence-electron chi connectivity index (χ3n) is 9.97. The lowest BCUT2D eigenvalue weighted by Gasteiger charge is -2.56. The highest BCUT2D eigenvalue weighted by atomic mass is 16.2. The van der Waals surface area contributed by atoms with Gasteiger partial charge in [0.2, 0.25) is 17.7 Å². The number of unbranched alkanes of at least 4 members (excludes halogenated alkanes) is 4. The van der Waals surface area contributed by atoms with Gasteiger partial charge in [-0.1, -0.05) is 31.4 Å². The van der Waals surface area contributed by atoms with Crippen LogP contribution in [0.5, 0.6) is 0 Å². The first-order valence-corrected chi connectivity index (χ1v) is 15.0. The predicted molar refractivity (Wildman–Crippen MR) is 143 cm³/mol. The van der Waals surface area contributed by atoms with Crippen LogP contribution in [0.25, 0.3) is 0 Å². The van der Waals surface area contributed by atoms with Gasteiger partial charge in [0.25, 0.3) is 5.91 Å². The lowest BCUT2D eigenvalue weighted by Crippen LogP contribution is -2.59. The standard InChI is InChI=1S/C31H41N3O4/c35-27-12-11-26(29(37)32-27)34-19-25-23(8-6-9-24(25)30(34)38)7-4-2-1-3-5-10-28(36)33-31-16-20-13-21(17-31)15-22(14-20)18-31/h6,8-9,20-22,26H,1-5,7,10-19H2,(H,33,36)(H,32,35,37). The molecule has 2 aliphatic heterocycles. The predicted octanol–water partition coefficient (Wildman–Crippen LogP) is 4.42. The highest BCUT2D eigenvalue weighted by Gasteiger charge is 2.51. The van der Waals surface area contributed by atoms with Gasteiger partial charge in [-0.15, -0.1) is 0 Å². The molecule has 5 fully saturated rings. The van der Waals surface area contributed by atoms with Crippen LogP contribution in [0.1, 0.15) is 111 Å². The number of rotatable bonds is 10. The van der Waals surface area contributed by atoms with Crippen LogP contribution in [0.2, 0.25) is 0 Å². The minimum absolute atomic E-state index is 0.108. The molecule has 4 amide bonds. The lowest BCUT2D eigenvalue weighted by atomic mass is 9.53. The van der Waals surface area contributed by atoms with Crippen molar-refractivity contribution in [2.45, 2.75) is 114 Å². The topological polar surface area (TPSA) is 95.6 Å². The van der Waals surface area contributed by atoms with E-state index in [4.69, 9.17) is 0 Å². The van der Waals surface area contributed by atoms with Crippen molar-refractivity contribution in [1.29, 1.82) is 0 Å². The number of fused-ring (bicyclic) bond motifs is 1. The quantitative estimate of drug-likeness (QED) is 0.353. The first-order valence-electron chi connectivity index (χ1n) is 15.0. The zero-order chi connectivity index (χ0) is 26.3. The molecule has 4 bridgehead atoms. The Kier molecular flexibility index (Phi) is 7.04. The van der Waals surface area contributed by atoms with Gasteiger partial charge >= 0.3 is 0 Å². The summed E-state index contributed by atoms with van der Waals surface area (Å²) in [5, 5.41) is 5.87. The Morgan fingerprint density at radius 3 is 2.34 bits per heavy atom. The van der Waals surface area contributed by atoms with Crippen molar-refractivity contribution >= 4 is 23.6 Å². The molecule has 0 aromatic heterocycles. The molecule has 2 heterocycles. The maximum absolute atomic E-state index is 13.0. The highest BCUT2D eigenvalue weighted by molar-refractivity contribution is 6.05. The third kappa shape index (κ3) is 5.13. The van der Waals surface area contributed by atoms with E-state index in [2.05, 4.69) is 16.7 Å². The largest absolute Gasteiger partial charge is 0.351 e. The summed E-state index contributed by atoms with van der Waals surface area (Å²) in [5.74, 6) is 2.08. The number of hydrogen-bond acceptors (Lipinski definition) is 4. The van der Waals surface area contributed by atoms with Gasteiger partial charge in [0.15, 0.2) is 0 Å². The van der Waals surface area contributed by atoms with Crippen LogP contribution in [0, 0.1) is 17.8 Å². The fourth-order valence-electron chi connectivity index (χ4n) is 8.64. The van der Waals surface area contributed by atoms with Crippen LogP contribution in [0.4, 0.5) is 0 Å². The molecule has 7 heteroatoms. The summed E-state index contributed by atoms with van der Waals surface area (Å²) >= 11 is 0. The molecule has 38 heavy (non-hydrogen) atoms. The highest BCUT2D eigenvalue weighted by Crippen LogP contribution is 2.55. The Morgan fingerprint density at radius 2 is 1.63 bits per heavy atom. The number of carbonyl (C=O) groups is 4. The van der Waals surface area contributed by atoms with E-state index in [9.17, 15) is 19.2 Å². The number of nitrogens with one attached hydrogen (secondary N) is 2. The fourth-order valence-corrected chi connectivity index (χ4v) is 8.64. The maximum Gasteiger partial charge on any atom is 0.255 e. The van der Waals surface area contributed by atoms with Crippen molar-refractivity contribution in [2.24, 2.45) is 17.8 Å². The Morgan fingerprint density at radius 1 is 0.947 bits per heavy atom. The fraction of sp³-hybridized carbons (Fsp3) is 0.677. The van der Waals surface area contributed by atoms with Crippen LogP contribution in [-0.2, 0) is 27.3 Å². The molecule has 7 nitrogen and oxygen atoms in total. The third-order valence-corrected chi connectivity index (χ3v) is 9.97. The van der Waals surface area contributed by atoms with Crippen LogP contribution in [0.3, 0.4) is 0 Å². The van der Waals surface area contributed by atoms with E-state index in [-0.39, 0.29) is 35.6 Å². The molecule has 1 aromatic rings. The maximum atomic E-state index is 13.0. The average molecular weight is 520 g/mol. The second-order valence-corrected chi connectivity index (χ2v) is 12.9. The Labute approximate surface area is 225 Å². The number of imide groups is 1. The number of carbonyl (C=O) groups excluding carboxylic acids is 4. The molecule has 4 saturated carbocycles. The van der Waals surface area contributed by atoms with Crippen LogP contribution >= 0.6 is 0 Å². The number of aryl methyl sites for hydroxylation is 1. The molecule has 2 N–H and O–H groups in total. The summed E-state index contributed by atoms with van der Waals surface area (Å²) in [6.45, 7) is 0.440. The van der Waals surface area contributed by atoms with E-state index in [0.29, 0.717) is 24.9 Å². The van der Waals surface area contributed by atoms with Gasteiger partial charge in [-0.05, 0) is 99.2 Å². The van der Waals surface area contributed by atoms with Gasteiger partial charge in [-0.25, -0.2) is 0 Å². The van der Waals surface area contributed by atoms with Gasteiger partial charge < -0.3 is 10.2 Å². The average Bonchev–Trinajstić information content (AvgIpc) is 3.19. The van der Waals surface area contributed by atoms with Crippen LogP contribution < -0.4 is 10.6 Å². The molecular formula is C31H41N3O4. The molecule has 204 valence electrons. The lowest BCUT2D eigenvalue weighted by molar-refractivity contribution is -0.137. The molecule has 1 aromatic carbocycles. The first-order chi connectivity index (χ1) is 18.4. The SMILES string of the molecule is O=C1CCC(N2Cc3c(CCCCCCCC(=O)NC45CC6CC(CC(C6)C4)C5)cccc3C2=O)C(=O)N1. The molecule has 1 saturated heterocycles. The van der Waals surface area contributed by atoms with E-state index >= 15 is 0 Å². The zero-order valence-corrected chi connectivity index (χ0v) is 22.4. The van der Waals surface area contributed by atoms with Crippen molar-refractivity contribution in [3.8, 4) is 0 Å². The molecule has 0 radical (unpaired) electrons. The van der Waals surface area contributed by atoms with E-state index in [1.165, 1.54) is 44.1 Å². The summed E-state index contributed by atoms with van der Waals surface area (Å²) < 4.78 is 0. The first kappa shape index (κ1) is 25.6. The second-order valence-electron chi connectivity index (χ2n) is 12.9. The molecule has 7 rings (SSSR count). The van der Waals surface area contributed by atoms with Crippen molar-refractivity contribution in [3.05, 3.63) is 34.9 Å². The van der Waals surface area contributed by atoms with Crippen LogP contribution in [0.15, 0.2) is 18.2 Å². The Balaban J connectivity index is 0.915. The number of amides is 4. The second kappa shape index (κ2) is 10.5. The van der Waals surface area contributed by atoms with E-state index < -0.39 is 6.04 Å². The summed E-state index contributed by atoms with van der Waals surface area (Å²) in [4.78, 5) is 51.2. The van der Waals surface area contributed by atoms with Gasteiger partial charge in [0, 0.05) is 30.5 Å². The van der Waals surface area contributed by atoms with Gasteiger partial charge in [-0.2, -0.15) is 0 Å². The zero-order valence-electron chi connectivity index (χ0n) is 22.4. The van der Waals surface area contributed by atoms with Crippen molar-refractivity contribution in [1.82, 2.24) is 15.5 Å². The van der Waals surface area contributed by atoms with Crippen molar-refractivity contribution < 1.29 is 19.2 Å². The van der Waals surface area contributed by atoms with Crippen molar-refractivity contribution in [2.75, 3.05) is 0 Å². The van der Waals surface area contributed by atoms with E-state index in [0.717, 1.165) is 61.8 Å². The summed E-state index contributed by atoms with van der Waals surface area (Å²) in [5.41, 5.74) is 3.03. The van der Waals surface area contributed by atoms with Crippen LogP contribution in [-0.4, -0.2) is 40.1 Å². The monoisotopic (exact) mass is 519 g/mol. The molecule has 0 spiro atoms. The molecule has 1 unspecified atom stereocenters. The van der Waals surface area contributed by atoms with E-state index in [1.54, 1.807) is 4.90 Å². The van der Waals surface area contributed by atoms with Gasteiger partial charge in [-0.3, -0.25) is 24.5 Å². The smallest absolute Gasteiger partial charge is 0.255 e. The summed E-state index contributed by atoms with van der Waals surface area (Å²) in [6, 6.07) is 5.30. The van der Waals surface area contributed by atoms with Gasteiger partial charge in [0.05, 0.1) is 0 Å². The minimum atomic E-state index is -0.569. The normalized spacial score (nSPS) is 31.5. The van der Waals surface area contributed by atoms with Crippen molar-refractivity contribution in [3.63, 3.8) is 0 Å². The molecule has 6 aliphatic rings. The number of nitrogens with zero attached hydrogens (tertiary/aromatic N) is 1. The minimum Gasteiger partial charge on any atom is -0.351 e. The summed E-state index contributed by atoms with van der Waals surface area (Å²) in [6.07, 6.45) is 15.3. The number of hydrogen-bond donors (Lipinski definition) is 2. The Bertz CT molecular complexity index is 1090. The van der Waals surface area contributed by atoms with Gasteiger partial charge in [0.1, 0.15) is 6.04 Å².